The molecule has 23 heavy (non-hydrogen) atoms. The van der Waals surface area contributed by atoms with Gasteiger partial charge >= 0.3 is 0 Å². The second kappa shape index (κ2) is 7.28. The molecule has 0 radical (unpaired) electrons. The van der Waals surface area contributed by atoms with E-state index >= 15 is 0 Å². The van der Waals surface area contributed by atoms with Crippen LogP contribution in [-0.4, -0.2) is 39.3 Å². The van der Waals surface area contributed by atoms with Crippen LogP contribution in [0.15, 0.2) is 42.7 Å². The van der Waals surface area contributed by atoms with E-state index in [0.29, 0.717) is 6.61 Å². The van der Waals surface area contributed by atoms with E-state index in [2.05, 4.69) is 51.8 Å². The second-order valence-electron chi connectivity index (χ2n) is 6.74. The summed E-state index contributed by atoms with van der Waals surface area (Å²) in [4.78, 5) is 7.02. The third-order valence-corrected chi connectivity index (χ3v) is 5.36. The number of benzene rings is 1. The first-order valence-electron chi connectivity index (χ1n) is 8.62. The maximum Gasteiger partial charge on any atom is 0.123 e. The van der Waals surface area contributed by atoms with E-state index in [4.69, 9.17) is 0 Å². The zero-order valence-electron chi connectivity index (χ0n) is 14.0. The third-order valence-electron chi connectivity index (χ3n) is 5.36. The van der Waals surface area contributed by atoms with E-state index < -0.39 is 0 Å². The summed E-state index contributed by atoms with van der Waals surface area (Å²) in [6.07, 6.45) is 7.20. The van der Waals surface area contributed by atoms with Crippen molar-refractivity contribution in [1.82, 2.24) is 14.5 Å². The highest BCUT2D eigenvalue weighted by Gasteiger charge is 2.32. The van der Waals surface area contributed by atoms with Crippen molar-refractivity contribution in [1.29, 1.82) is 0 Å². The van der Waals surface area contributed by atoms with E-state index in [-0.39, 0.29) is 5.41 Å². The summed E-state index contributed by atoms with van der Waals surface area (Å²) in [6.45, 7) is 6.38. The van der Waals surface area contributed by atoms with Gasteiger partial charge in [0.2, 0.25) is 0 Å². The first-order chi connectivity index (χ1) is 11.2. The molecule has 124 valence electrons. The quantitative estimate of drug-likeness (QED) is 0.891. The molecule has 4 heteroatoms. The highest BCUT2D eigenvalue weighted by molar-refractivity contribution is 5.15. The van der Waals surface area contributed by atoms with Crippen LogP contribution in [0.25, 0.3) is 0 Å². The topological polar surface area (TPSA) is 41.3 Å². The van der Waals surface area contributed by atoms with Crippen LogP contribution in [0.1, 0.15) is 37.6 Å². The largest absolute Gasteiger partial charge is 0.396 e. The van der Waals surface area contributed by atoms with Crippen LogP contribution in [0.3, 0.4) is 0 Å². The minimum Gasteiger partial charge on any atom is -0.396 e. The summed E-state index contributed by atoms with van der Waals surface area (Å²) in [7, 11) is 0. The van der Waals surface area contributed by atoms with Gasteiger partial charge in [0.1, 0.15) is 5.82 Å². The molecule has 1 saturated heterocycles. The standard InChI is InChI=1S/C19H27N3O/c1-2-19(16-23)8-11-21(12-9-19)15-18-20-10-13-22(18)14-17-6-4-3-5-7-17/h3-7,10,13,23H,2,8-9,11-12,14-16H2,1H3. The second-order valence-corrected chi connectivity index (χ2v) is 6.74. The number of likely N-dealkylation sites (tertiary alicyclic amines) is 1. The Bertz CT molecular complexity index is 594. The molecular formula is C19H27N3O. The number of hydrogen-bond acceptors (Lipinski definition) is 3. The van der Waals surface area contributed by atoms with E-state index in [1.165, 1.54) is 5.56 Å². The average Bonchev–Trinajstić information content (AvgIpc) is 3.03. The molecule has 1 aromatic heterocycles. The number of nitrogens with zero attached hydrogens (tertiary/aromatic N) is 3. The molecule has 3 rings (SSSR count). The minimum absolute atomic E-state index is 0.149. The Kier molecular flexibility index (Phi) is 5.13. The number of rotatable bonds is 6. The lowest BCUT2D eigenvalue weighted by Gasteiger charge is -2.40. The molecule has 4 nitrogen and oxygen atoms in total. The van der Waals surface area contributed by atoms with Gasteiger partial charge < -0.3 is 9.67 Å². The van der Waals surface area contributed by atoms with E-state index in [9.17, 15) is 5.11 Å². The van der Waals surface area contributed by atoms with Crippen LogP contribution in [0.2, 0.25) is 0 Å². The number of piperidine rings is 1. The first kappa shape index (κ1) is 16.2. The summed E-state index contributed by atoms with van der Waals surface area (Å²) in [5, 5.41) is 9.66. The predicted octanol–water partition coefficient (Wildman–Crippen LogP) is 2.92. The van der Waals surface area contributed by atoms with Gasteiger partial charge in [0.25, 0.3) is 0 Å². The predicted molar refractivity (Wildman–Crippen MR) is 92.1 cm³/mol. The minimum atomic E-state index is 0.149. The highest BCUT2D eigenvalue weighted by atomic mass is 16.3. The number of aliphatic hydroxyl groups is 1. The molecule has 1 aliphatic heterocycles. The zero-order chi connectivity index (χ0) is 16.1. The Morgan fingerprint density at radius 3 is 2.52 bits per heavy atom. The van der Waals surface area contributed by atoms with Gasteiger partial charge in [-0.25, -0.2) is 4.98 Å². The van der Waals surface area contributed by atoms with Crippen molar-refractivity contribution in [2.45, 2.75) is 39.3 Å². The van der Waals surface area contributed by atoms with Crippen molar-refractivity contribution in [3.05, 3.63) is 54.1 Å². The van der Waals surface area contributed by atoms with Crippen LogP contribution >= 0.6 is 0 Å². The fraction of sp³-hybridized carbons (Fsp3) is 0.526. The van der Waals surface area contributed by atoms with Crippen molar-refractivity contribution in [2.75, 3.05) is 19.7 Å². The van der Waals surface area contributed by atoms with Gasteiger partial charge in [-0.15, -0.1) is 0 Å². The maximum absolute atomic E-state index is 9.66. The zero-order valence-corrected chi connectivity index (χ0v) is 14.0. The fourth-order valence-electron chi connectivity index (χ4n) is 3.42. The average molecular weight is 313 g/mol. The van der Waals surface area contributed by atoms with Gasteiger partial charge in [-0.05, 0) is 43.3 Å². The summed E-state index contributed by atoms with van der Waals surface area (Å²) >= 11 is 0. The number of hydrogen-bond donors (Lipinski definition) is 1. The molecule has 1 aliphatic rings. The lowest BCUT2D eigenvalue weighted by Crippen LogP contribution is -2.41. The number of imidazole rings is 1. The molecule has 2 aromatic rings. The van der Waals surface area contributed by atoms with Crippen LogP contribution in [0.4, 0.5) is 0 Å². The molecule has 1 aromatic carbocycles. The van der Waals surface area contributed by atoms with Gasteiger partial charge in [0.05, 0.1) is 6.54 Å². The molecule has 2 heterocycles. The van der Waals surface area contributed by atoms with Crippen LogP contribution in [-0.2, 0) is 13.1 Å². The Labute approximate surface area is 138 Å². The highest BCUT2D eigenvalue weighted by Crippen LogP contribution is 2.34. The first-order valence-corrected chi connectivity index (χ1v) is 8.62. The summed E-state index contributed by atoms with van der Waals surface area (Å²) < 4.78 is 2.24. The van der Waals surface area contributed by atoms with E-state index in [1.54, 1.807) is 0 Å². The number of aromatic nitrogens is 2. The third kappa shape index (κ3) is 3.82. The smallest absolute Gasteiger partial charge is 0.123 e. The van der Waals surface area contributed by atoms with Gasteiger partial charge in [-0.1, -0.05) is 37.3 Å². The van der Waals surface area contributed by atoms with Gasteiger partial charge in [-0.3, -0.25) is 4.90 Å². The molecule has 0 spiro atoms. The lowest BCUT2D eigenvalue weighted by molar-refractivity contribution is 0.0370. The summed E-state index contributed by atoms with van der Waals surface area (Å²) in [6, 6.07) is 10.5. The van der Waals surface area contributed by atoms with E-state index in [1.807, 2.05) is 12.3 Å². The van der Waals surface area contributed by atoms with Crippen LogP contribution in [0, 0.1) is 5.41 Å². The van der Waals surface area contributed by atoms with Crippen molar-refractivity contribution < 1.29 is 5.11 Å². The number of aliphatic hydroxyl groups excluding tert-OH is 1. The molecule has 0 aliphatic carbocycles. The Morgan fingerprint density at radius 1 is 1.13 bits per heavy atom. The van der Waals surface area contributed by atoms with Gasteiger partial charge in [-0.2, -0.15) is 0 Å². The molecule has 0 atom stereocenters. The maximum atomic E-state index is 9.66. The molecule has 0 amide bonds. The van der Waals surface area contributed by atoms with Gasteiger partial charge in [0, 0.05) is 25.5 Å². The summed E-state index contributed by atoms with van der Waals surface area (Å²) in [5.74, 6) is 1.13. The fourth-order valence-corrected chi connectivity index (χ4v) is 3.42. The molecular weight excluding hydrogens is 286 g/mol. The van der Waals surface area contributed by atoms with Crippen molar-refractivity contribution >= 4 is 0 Å². The Balaban J connectivity index is 1.61. The molecule has 1 N–H and O–H groups in total. The van der Waals surface area contributed by atoms with Gasteiger partial charge in [0.15, 0.2) is 0 Å². The van der Waals surface area contributed by atoms with E-state index in [0.717, 1.165) is 51.3 Å². The van der Waals surface area contributed by atoms with Crippen LogP contribution < -0.4 is 0 Å². The molecule has 1 fully saturated rings. The molecule has 0 bridgehead atoms. The summed E-state index contributed by atoms with van der Waals surface area (Å²) in [5.41, 5.74) is 1.45. The van der Waals surface area contributed by atoms with Crippen molar-refractivity contribution in [2.24, 2.45) is 5.41 Å². The van der Waals surface area contributed by atoms with Crippen LogP contribution in [0.5, 0.6) is 0 Å². The Morgan fingerprint density at radius 2 is 1.87 bits per heavy atom. The Hall–Kier alpha value is -1.65. The molecule has 0 saturated carbocycles. The molecule has 0 unspecified atom stereocenters. The van der Waals surface area contributed by atoms with Crippen molar-refractivity contribution in [3.8, 4) is 0 Å². The normalized spacial score (nSPS) is 18.2. The lowest BCUT2D eigenvalue weighted by atomic mass is 9.77. The van der Waals surface area contributed by atoms with Crippen molar-refractivity contribution in [3.63, 3.8) is 0 Å². The SMILES string of the molecule is CCC1(CO)CCN(Cc2nccn2Cc2ccccc2)CC1. The monoisotopic (exact) mass is 313 g/mol.